The molecule has 10 aliphatic carbocycles. The van der Waals surface area contributed by atoms with E-state index in [0.717, 1.165) is 35.5 Å². The summed E-state index contributed by atoms with van der Waals surface area (Å²) in [6.45, 7) is 4.77. The first-order chi connectivity index (χ1) is 25.5. The third kappa shape index (κ3) is 7.10. The Balaban J connectivity index is 0.000000576. The fraction of sp³-hybridized carbons (Fsp3) is 0.667. The fourth-order valence-electron chi connectivity index (χ4n) is 15.3. The Morgan fingerprint density at radius 2 is 1.23 bits per heavy atom. The van der Waals surface area contributed by atoms with Gasteiger partial charge in [-0.1, -0.05) is 25.6 Å². The van der Waals surface area contributed by atoms with Gasteiger partial charge in [-0.25, -0.2) is 12.1 Å². The number of hydrogen-bond acceptors (Lipinski definition) is 2. The summed E-state index contributed by atoms with van der Waals surface area (Å²) in [4.78, 5) is 0. The van der Waals surface area contributed by atoms with Crippen LogP contribution in [0.3, 0.4) is 0 Å². The molecule has 0 spiro atoms. The molecular weight excluding hydrogens is 722 g/mol. The molecule has 8 saturated carbocycles. The van der Waals surface area contributed by atoms with Gasteiger partial charge in [0.2, 0.25) is 0 Å². The summed E-state index contributed by atoms with van der Waals surface area (Å²) in [5.74, 6) is 7.73. The molecule has 13 rings (SSSR count). The van der Waals surface area contributed by atoms with E-state index in [9.17, 15) is 0 Å². The van der Waals surface area contributed by atoms with E-state index < -0.39 is 0 Å². The molecule has 0 amide bonds. The SMILES string of the molecule is PC(C1=CC(=C2C=CC=C[CH-]2)C=C1CP(C12CC3CC(CC(C3)C1)C2)C12CC3CC(CC(C3)C1)C2)(C1CCCNC1)C1CCCNC1.[Fe+2].c1cc[cH-]c1. The summed E-state index contributed by atoms with van der Waals surface area (Å²) in [5, 5.41) is 9.30. The van der Waals surface area contributed by atoms with Crippen molar-refractivity contribution in [2.45, 2.75) is 118 Å². The number of nitrogens with one attached hydrogen (secondary N) is 2. The van der Waals surface area contributed by atoms with Crippen LogP contribution in [0.25, 0.3) is 0 Å². The largest absolute Gasteiger partial charge is 2.00 e. The molecule has 1 aromatic carbocycles. The molecule has 1 aromatic rings. The predicted molar refractivity (Wildman–Crippen MR) is 225 cm³/mol. The van der Waals surface area contributed by atoms with Gasteiger partial charge in [-0.05, 0) is 204 Å². The van der Waals surface area contributed by atoms with Crippen LogP contribution in [-0.2, 0) is 17.1 Å². The minimum atomic E-state index is -0.0795. The van der Waals surface area contributed by atoms with Crippen LogP contribution >= 0.6 is 17.2 Å². The molecule has 0 radical (unpaired) electrons. The van der Waals surface area contributed by atoms with Crippen LogP contribution < -0.4 is 10.6 Å². The van der Waals surface area contributed by atoms with Crippen LogP contribution in [-0.4, -0.2) is 47.8 Å². The van der Waals surface area contributed by atoms with Crippen molar-refractivity contribution in [1.82, 2.24) is 10.6 Å². The minimum Gasteiger partial charge on any atom is -0.316 e. The minimum absolute atomic E-state index is 0. The maximum atomic E-state index is 3.90. The van der Waals surface area contributed by atoms with E-state index in [-0.39, 0.29) is 30.1 Å². The molecule has 53 heavy (non-hydrogen) atoms. The second-order valence-corrected chi connectivity index (χ2v) is 23.9. The summed E-state index contributed by atoms with van der Waals surface area (Å²) in [5.41, 5.74) is 6.53. The first-order valence-electron chi connectivity index (χ1n) is 22.0. The van der Waals surface area contributed by atoms with Crippen LogP contribution in [0, 0.1) is 53.8 Å². The van der Waals surface area contributed by atoms with Gasteiger partial charge in [-0.15, -0.1) is 45.5 Å². The van der Waals surface area contributed by atoms with Crippen LogP contribution in [0.2, 0.25) is 0 Å². The summed E-state index contributed by atoms with van der Waals surface area (Å²) < 4.78 is 0. The standard InChI is InChI=1S/C43H61N2P2.C5H5.Fe/c46-43(38-8-4-10-44-26-38,39-9-5-11-45-27-39)40-19-36(35-6-2-1-3-7-35)18-37(40)28-47(41-20-29-12-30(21-41)14-31(13-29)22-41)42-23-32-15-33(24-42)17-34(16-32)25-42;1-2-4-5-3-1;/h1-3,6-7,18-19,29-34,38-39,44-45H,4-5,8-17,20-28,46H2;1-5H;/q2*-1;+2. The summed E-state index contributed by atoms with van der Waals surface area (Å²) >= 11 is 0. The smallest absolute Gasteiger partial charge is 0.316 e. The molecule has 3 atom stereocenters. The zero-order valence-electron chi connectivity index (χ0n) is 32.3. The third-order valence-corrected chi connectivity index (χ3v) is 21.8. The van der Waals surface area contributed by atoms with Crippen molar-refractivity contribution in [3.05, 3.63) is 95.5 Å². The average molecular weight is 789 g/mol. The topological polar surface area (TPSA) is 24.1 Å². The molecule has 12 aliphatic rings. The van der Waals surface area contributed by atoms with E-state index >= 15 is 0 Å². The molecule has 0 aromatic heterocycles. The molecule has 10 fully saturated rings. The summed E-state index contributed by atoms with van der Waals surface area (Å²) in [6, 6.07) is 10.0. The Hall–Kier alpha value is -0.781. The average Bonchev–Trinajstić information content (AvgIpc) is 3.88. The Morgan fingerprint density at radius 3 is 1.62 bits per heavy atom. The Bertz CT molecular complexity index is 1450. The van der Waals surface area contributed by atoms with E-state index in [1.165, 1.54) is 69.2 Å². The molecule has 286 valence electrons. The molecule has 2 aliphatic heterocycles. The molecule has 2 N–H and O–H groups in total. The molecule has 2 heterocycles. The van der Waals surface area contributed by atoms with E-state index in [2.05, 4.69) is 62.8 Å². The molecule has 3 unspecified atom stereocenters. The van der Waals surface area contributed by atoms with Crippen molar-refractivity contribution < 1.29 is 17.1 Å². The molecule has 5 heteroatoms. The normalized spacial score (nSPS) is 43.6. The van der Waals surface area contributed by atoms with E-state index in [1.807, 2.05) is 35.9 Å². The van der Waals surface area contributed by atoms with Crippen LogP contribution in [0.15, 0.2) is 89.1 Å². The van der Waals surface area contributed by atoms with Crippen molar-refractivity contribution in [3.8, 4) is 0 Å². The Morgan fingerprint density at radius 1 is 0.717 bits per heavy atom. The van der Waals surface area contributed by atoms with Crippen molar-refractivity contribution in [1.29, 1.82) is 0 Å². The molecule has 2 saturated heterocycles. The van der Waals surface area contributed by atoms with Crippen molar-refractivity contribution >= 4 is 17.2 Å². The number of rotatable bonds is 7. The van der Waals surface area contributed by atoms with Crippen LogP contribution in [0.1, 0.15) is 103 Å². The quantitative estimate of drug-likeness (QED) is 0.163. The van der Waals surface area contributed by atoms with E-state index in [4.69, 9.17) is 0 Å². The third-order valence-electron chi connectivity index (χ3n) is 16.5. The number of allylic oxidation sites excluding steroid dienone is 10. The Labute approximate surface area is 336 Å². The zero-order valence-corrected chi connectivity index (χ0v) is 35.4. The second kappa shape index (κ2) is 15.5. The van der Waals surface area contributed by atoms with E-state index in [0.29, 0.717) is 22.1 Å². The monoisotopic (exact) mass is 788 g/mol. The van der Waals surface area contributed by atoms with Gasteiger partial charge in [0.1, 0.15) is 0 Å². The molecule has 2 nitrogen and oxygen atoms in total. The van der Waals surface area contributed by atoms with Crippen molar-refractivity contribution in [3.63, 3.8) is 0 Å². The van der Waals surface area contributed by atoms with Crippen LogP contribution in [0.4, 0.5) is 0 Å². The second-order valence-electron chi connectivity index (χ2n) is 19.9. The van der Waals surface area contributed by atoms with Gasteiger partial charge >= 0.3 is 17.1 Å². The van der Waals surface area contributed by atoms with Gasteiger partial charge in [0.15, 0.2) is 0 Å². The summed E-state index contributed by atoms with van der Waals surface area (Å²) in [6.07, 6.45) is 43.1. The maximum Gasteiger partial charge on any atom is 2.00 e. The predicted octanol–water partition coefficient (Wildman–Crippen LogP) is 10.9. The first-order valence-corrected chi connectivity index (χ1v) is 24.1. The van der Waals surface area contributed by atoms with Gasteiger partial charge in [0.25, 0.3) is 0 Å². The zero-order chi connectivity index (χ0) is 34.8. The van der Waals surface area contributed by atoms with Crippen molar-refractivity contribution in [2.75, 3.05) is 32.3 Å². The van der Waals surface area contributed by atoms with Gasteiger partial charge in [0, 0.05) is 5.16 Å². The molecular formula is C48H66FeN2P2. The first kappa shape index (κ1) is 37.8. The van der Waals surface area contributed by atoms with Gasteiger partial charge < -0.3 is 10.6 Å². The van der Waals surface area contributed by atoms with Gasteiger partial charge in [-0.2, -0.15) is 18.2 Å². The Kier molecular flexibility index (Phi) is 11.1. The van der Waals surface area contributed by atoms with Crippen LogP contribution in [0.5, 0.6) is 0 Å². The van der Waals surface area contributed by atoms with Gasteiger partial charge in [0.05, 0.1) is 0 Å². The summed E-state index contributed by atoms with van der Waals surface area (Å²) in [7, 11) is 3.59. The fourth-order valence-corrected chi connectivity index (χ4v) is 21.3. The maximum absolute atomic E-state index is 3.90. The number of piperidine rings is 2. The molecule has 8 bridgehead atoms. The van der Waals surface area contributed by atoms with Crippen molar-refractivity contribution in [2.24, 2.45) is 47.3 Å². The number of hydrogen-bond donors (Lipinski definition) is 2. The van der Waals surface area contributed by atoms with Gasteiger partial charge in [-0.3, -0.25) is 0 Å². The van der Waals surface area contributed by atoms with E-state index in [1.54, 1.807) is 82.6 Å².